The van der Waals surface area contributed by atoms with Crippen LogP contribution in [-0.2, 0) is 13.0 Å². The molecule has 0 atom stereocenters. The minimum Gasteiger partial charge on any atom is -0.327 e. The highest BCUT2D eigenvalue weighted by molar-refractivity contribution is 7.71. The van der Waals surface area contributed by atoms with Gasteiger partial charge in [0.1, 0.15) is 5.52 Å². The molecule has 2 aromatic heterocycles. The predicted molar refractivity (Wildman–Crippen MR) is 84.0 cm³/mol. The lowest BCUT2D eigenvalue weighted by atomic mass is 10.1. The van der Waals surface area contributed by atoms with E-state index in [9.17, 15) is 0 Å². The number of hydrogen-bond acceptors (Lipinski definition) is 3. The number of hydrogen-bond donors (Lipinski definition) is 1. The molecular weight excluding hydrogens is 282 g/mol. The van der Waals surface area contributed by atoms with Gasteiger partial charge in [-0.1, -0.05) is 12.1 Å². The molecule has 0 bridgehead atoms. The molecule has 21 heavy (non-hydrogen) atoms. The normalized spacial score (nSPS) is 10.9. The Labute approximate surface area is 127 Å². The SMILES string of the molecule is CCn1nc(C)c2[nH]c(=S)n(-c3ccc(CC#N)cc3)c21. The maximum atomic E-state index is 8.74. The van der Waals surface area contributed by atoms with E-state index in [0.29, 0.717) is 11.2 Å². The van der Waals surface area contributed by atoms with E-state index in [4.69, 9.17) is 17.5 Å². The van der Waals surface area contributed by atoms with Gasteiger partial charge >= 0.3 is 0 Å². The zero-order valence-electron chi connectivity index (χ0n) is 11.9. The molecule has 2 heterocycles. The molecule has 0 amide bonds. The van der Waals surface area contributed by atoms with Gasteiger partial charge in [0.25, 0.3) is 0 Å². The fourth-order valence-electron chi connectivity index (χ4n) is 2.52. The molecule has 0 aliphatic heterocycles. The van der Waals surface area contributed by atoms with E-state index in [1.807, 2.05) is 40.4 Å². The number of nitrogens with one attached hydrogen (secondary N) is 1. The van der Waals surface area contributed by atoms with Crippen molar-refractivity contribution in [1.29, 1.82) is 5.26 Å². The van der Waals surface area contributed by atoms with Crippen molar-refractivity contribution in [2.24, 2.45) is 0 Å². The number of aromatic nitrogens is 4. The van der Waals surface area contributed by atoms with Gasteiger partial charge in [0.05, 0.1) is 18.2 Å². The van der Waals surface area contributed by atoms with Crippen LogP contribution in [0.3, 0.4) is 0 Å². The van der Waals surface area contributed by atoms with E-state index in [1.165, 1.54) is 0 Å². The predicted octanol–water partition coefficient (Wildman–Crippen LogP) is 3.28. The Balaban J connectivity index is 2.22. The lowest BCUT2D eigenvalue weighted by Crippen LogP contribution is -2.03. The first-order chi connectivity index (χ1) is 10.2. The van der Waals surface area contributed by atoms with Gasteiger partial charge in [0.15, 0.2) is 10.4 Å². The van der Waals surface area contributed by atoms with E-state index in [1.54, 1.807) is 0 Å². The van der Waals surface area contributed by atoms with E-state index in [0.717, 1.165) is 34.7 Å². The average molecular weight is 297 g/mol. The summed E-state index contributed by atoms with van der Waals surface area (Å²) in [6, 6.07) is 10.0. The van der Waals surface area contributed by atoms with Gasteiger partial charge in [-0.25, -0.2) is 4.68 Å². The third-order valence-corrected chi connectivity index (χ3v) is 3.81. The molecule has 0 saturated heterocycles. The van der Waals surface area contributed by atoms with Crippen LogP contribution >= 0.6 is 12.2 Å². The molecule has 0 saturated carbocycles. The first-order valence-corrected chi connectivity index (χ1v) is 7.21. The van der Waals surface area contributed by atoms with Gasteiger partial charge in [-0.3, -0.25) is 4.57 Å². The Morgan fingerprint density at radius 3 is 2.67 bits per heavy atom. The Kier molecular flexibility index (Phi) is 3.35. The summed E-state index contributed by atoms with van der Waals surface area (Å²) in [6.07, 6.45) is 0.417. The van der Waals surface area contributed by atoms with Crippen molar-refractivity contribution in [2.75, 3.05) is 0 Å². The zero-order valence-corrected chi connectivity index (χ0v) is 12.7. The fourth-order valence-corrected chi connectivity index (χ4v) is 2.81. The lowest BCUT2D eigenvalue weighted by molar-refractivity contribution is 0.662. The number of rotatable bonds is 3. The summed E-state index contributed by atoms with van der Waals surface area (Å²) in [4.78, 5) is 3.23. The Hall–Kier alpha value is -2.39. The topological polar surface area (TPSA) is 62.3 Å². The lowest BCUT2D eigenvalue weighted by Gasteiger charge is -2.06. The number of fused-ring (bicyclic) bond motifs is 1. The third-order valence-electron chi connectivity index (χ3n) is 3.52. The number of H-pyrrole nitrogens is 1. The summed E-state index contributed by atoms with van der Waals surface area (Å²) in [5, 5.41) is 13.3. The standard InChI is InChI=1S/C15H15N5S/c1-3-19-14-13(10(2)18-19)17-15(21)20(14)12-6-4-11(5-7-12)8-9-16/h4-7H,3,8H2,1-2H3,(H,17,21). The highest BCUT2D eigenvalue weighted by atomic mass is 32.1. The summed E-state index contributed by atoms with van der Waals surface area (Å²) >= 11 is 5.45. The smallest absolute Gasteiger partial charge is 0.184 e. The van der Waals surface area contributed by atoms with Crippen molar-refractivity contribution >= 4 is 23.4 Å². The van der Waals surface area contributed by atoms with Gasteiger partial charge in [-0.15, -0.1) is 0 Å². The van der Waals surface area contributed by atoms with E-state index < -0.39 is 0 Å². The molecule has 0 aliphatic carbocycles. The quantitative estimate of drug-likeness (QED) is 0.755. The number of aromatic amines is 1. The van der Waals surface area contributed by atoms with Gasteiger partial charge in [-0.2, -0.15) is 10.4 Å². The van der Waals surface area contributed by atoms with Crippen LogP contribution in [0.4, 0.5) is 0 Å². The van der Waals surface area contributed by atoms with Crippen molar-refractivity contribution in [3.63, 3.8) is 0 Å². The molecule has 3 aromatic rings. The molecule has 1 aromatic carbocycles. The van der Waals surface area contributed by atoms with Crippen molar-refractivity contribution in [3.05, 3.63) is 40.3 Å². The van der Waals surface area contributed by atoms with Gasteiger partial charge in [0, 0.05) is 12.2 Å². The van der Waals surface area contributed by atoms with Crippen LogP contribution in [0.25, 0.3) is 16.9 Å². The summed E-state index contributed by atoms with van der Waals surface area (Å²) in [5.74, 6) is 0. The van der Waals surface area contributed by atoms with Crippen LogP contribution in [0, 0.1) is 23.0 Å². The number of nitrogens with zero attached hydrogens (tertiary/aromatic N) is 4. The Morgan fingerprint density at radius 2 is 2.05 bits per heavy atom. The second-order valence-corrected chi connectivity index (χ2v) is 5.25. The maximum Gasteiger partial charge on any atom is 0.184 e. The second kappa shape index (κ2) is 5.19. The zero-order chi connectivity index (χ0) is 15.0. The van der Waals surface area contributed by atoms with Gasteiger partial charge in [-0.05, 0) is 43.8 Å². The van der Waals surface area contributed by atoms with Crippen LogP contribution in [0.2, 0.25) is 0 Å². The van der Waals surface area contributed by atoms with Crippen molar-refractivity contribution in [1.82, 2.24) is 19.3 Å². The summed E-state index contributed by atoms with van der Waals surface area (Å²) < 4.78 is 4.59. The minimum atomic E-state index is 0.417. The second-order valence-electron chi connectivity index (χ2n) is 4.87. The van der Waals surface area contributed by atoms with Gasteiger partial charge in [0.2, 0.25) is 0 Å². The average Bonchev–Trinajstić information content (AvgIpc) is 2.97. The van der Waals surface area contributed by atoms with Gasteiger partial charge < -0.3 is 4.98 Å². The largest absolute Gasteiger partial charge is 0.327 e. The Morgan fingerprint density at radius 1 is 1.33 bits per heavy atom. The molecule has 0 spiro atoms. The summed E-state index contributed by atoms with van der Waals surface area (Å²) in [7, 11) is 0. The maximum absolute atomic E-state index is 8.74. The van der Waals surface area contributed by atoms with E-state index in [2.05, 4.69) is 23.1 Å². The molecule has 0 radical (unpaired) electrons. The molecule has 0 fully saturated rings. The van der Waals surface area contributed by atoms with Crippen molar-refractivity contribution in [3.8, 4) is 11.8 Å². The van der Waals surface area contributed by atoms with E-state index >= 15 is 0 Å². The summed E-state index contributed by atoms with van der Waals surface area (Å²) in [5.41, 5.74) is 4.87. The molecule has 3 rings (SSSR count). The number of benzene rings is 1. The highest BCUT2D eigenvalue weighted by Gasteiger charge is 2.14. The minimum absolute atomic E-state index is 0.417. The third kappa shape index (κ3) is 2.16. The number of imidazole rings is 1. The highest BCUT2D eigenvalue weighted by Crippen LogP contribution is 2.22. The van der Waals surface area contributed by atoms with Crippen LogP contribution in [0.15, 0.2) is 24.3 Å². The Bertz CT molecular complexity index is 889. The van der Waals surface area contributed by atoms with Crippen LogP contribution < -0.4 is 0 Å². The first kappa shape index (κ1) is 13.6. The fraction of sp³-hybridized carbons (Fsp3) is 0.267. The molecule has 0 aliphatic rings. The molecule has 106 valence electrons. The monoisotopic (exact) mass is 297 g/mol. The molecule has 1 N–H and O–H groups in total. The molecule has 6 heteroatoms. The van der Waals surface area contributed by atoms with Crippen molar-refractivity contribution < 1.29 is 0 Å². The summed E-state index contributed by atoms with van der Waals surface area (Å²) in [6.45, 7) is 4.81. The number of nitriles is 1. The van der Waals surface area contributed by atoms with Crippen LogP contribution in [0.5, 0.6) is 0 Å². The molecular formula is C15H15N5S. The number of aryl methyl sites for hydroxylation is 2. The van der Waals surface area contributed by atoms with Crippen LogP contribution in [0.1, 0.15) is 18.2 Å². The van der Waals surface area contributed by atoms with Crippen molar-refractivity contribution in [2.45, 2.75) is 26.8 Å². The first-order valence-electron chi connectivity index (χ1n) is 6.80. The van der Waals surface area contributed by atoms with E-state index in [-0.39, 0.29) is 0 Å². The molecule has 0 unspecified atom stereocenters. The van der Waals surface area contributed by atoms with Crippen LogP contribution in [-0.4, -0.2) is 19.3 Å². The molecule has 5 nitrogen and oxygen atoms in total.